The van der Waals surface area contributed by atoms with Gasteiger partial charge in [-0.2, -0.15) is 13.2 Å². The van der Waals surface area contributed by atoms with Gasteiger partial charge in [0, 0.05) is 38.3 Å². The third kappa shape index (κ3) is 2.98. The molecule has 3 heterocycles. The first-order valence-corrected chi connectivity index (χ1v) is 6.82. The van der Waals surface area contributed by atoms with Crippen LogP contribution in [-0.2, 0) is 6.54 Å². The van der Waals surface area contributed by atoms with E-state index in [1.165, 1.54) is 4.90 Å². The summed E-state index contributed by atoms with van der Waals surface area (Å²) in [6.07, 6.45) is -2.36. The van der Waals surface area contributed by atoms with Gasteiger partial charge in [-0.05, 0) is 18.8 Å². The Hall–Kier alpha value is -1.08. The highest BCUT2D eigenvalue weighted by Crippen LogP contribution is 2.33. The van der Waals surface area contributed by atoms with E-state index in [9.17, 15) is 13.2 Å². The maximum Gasteiger partial charge on any atom is 0.401 e. The number of alkyl halides is 3. The van der Waals surface area contributed by atoms with Crippen LogP contribution in [0.25, 0.3) is 0 Å². The van der Waals surface area contributed by atoms with Crippen molar-refractivity contribution in [1.29, 1.82) is 0 Å². The highest BCUT2D eigenvalue weighted by molar-refractivity contribution is 5.12. The second-order valence-corrected chi connectivity index (χ2v) is 5.93. The molecule has 20 heavy (non-hydrogen) atoms. The molecule has 3 rings (SSSR count). The van der Waals surface area contributed by atoms with Gasteiger partial charge in [-0.3, -0.25) is 9.80 Å². The zero-order valence-corrected chi connectivity index (χ0v) is 11.4. The fraction of sp³-hybridized carbons (Fsp3) is 0.769. The highest BCUT2D eigenvalue weighted by atomic mass is 19.4. The summed E-state index contributed by atoms with van der Waals surface area (Å²) in [6.45, 7) is 4.73. The molecule has 2 saturated heterocycles. The summed E-state index contributed by atoms with van der Waals surface area (Å²) in [5.41, 5.74) is 1.07. The van der Waals surface area contributed by atoms with Crippen molar-refractivity contribution >= 4 is 0 Å². The average Bonchev–Trinajstić information content (AvgIpc) is 2.93. The van der Waals surface area contributed by atoms with Crippen molar-refractivity contribution in [2.24, 2.45) is 11.8 Å². The summed E-state index contributed by atoms with van der Waals surface area (Å²) in [5.74, 6) is 1.54. The molecule has 2 unspecified atom stereocenters. The molecule has 1 aromatic rings. The van der Waals surface area contributed by atoms with Crippen molar-refractivity contribution in [3.8, 4) is 0 Å². The van der Waals surface area contributed by atoms with Crippen LogP contribution >= 0.6 is 0 Å². The second kappa shape index (κ2) is 5.04. The summed E-state index contributed by atoms with van der Waals surface area (Å²) in [5, 5.41) is 3.75. The van der Waals surface area contributed by atoms with Gasteiger partial charge in [-0.25, -0.2) is 0 Å². The SMILES string of the molecule is Cc1oncc1CN1CC2CN(CC(F)(F)F)CC2C1. The smallest absolute Gasteiger partial charge is 0.361 e. The number of aromatic nitrogens is 1. The lowest BCUT2D eigenvalue weighted by atomic mass is 10.0. The lowest BCUT2D eigenvalue weighted by Crippen LogP contribution is -2.35. The van der Waals surface area contributed by atoms with Crippen molar-refractivity contribution in [3.05, 3.63) is 17.5 Å². The van der Waals surface area contributed by atoms with Crippen LogP contribution in [0, 0.1) is 18.8 Å². The molecule has 0 aromatic carbocycles. The molecule has 1 aromatic heterocycles. The van der Waals surface area contributed by atoms with Crippen LogP contribution in [0.5, 0.6) is 0 Å². The third-order valence-corrected chi connectivity index (χ3v) is 4.28. The summed E-state index contributed by atoms with van der Waals surface area (Å²) < 4.78 is 42.2. The van der Waals surface area contributed by atoms with Gasteiger partial charge >= 0.3 is 6.18 Å². The van der Waals surface area contributed by atoms with E-state index in [0.29, 0.717) is 24.9 Å². The maximum absolute atomic E-state index is 12.4. The molecule has 2 fully saturated rings. The molecule has 2 aliphatic heterocycles. The molecule has 112 valence electrons. The molecule has 0 radical (unpaired) electrons. The van der Waals surface area contributed by atoms with Crippen molar-refractivity contribution < 1.29 is 17.7 Å². The van der Waals surface area contributed by atoms with E-state index in [-0.39, 0.29) is 0 Å². The Labute approximate surface area is 115 Å². The molecule has 0 N–H and O–H groups in total. The van der Waals surface area contributed by atoms with Crippen molar-refractivity contribution in [1.82, 2.24) is 15.0 Å². The largest absolute Gasteiger partial charge is 0.401 e. The highest BCUT2D eigenvalue weighted by Gasteiger charge is 2.43. The van der Waals surface area contributed by atoms with E-state index in [2.05, 4.69) is 10.1 Å². The van der Waals surface area contributed by atoms with E-state index in [0.717, 1.165) is 31.0 Å². The minimum absolute atomic E-state index is 0.359. The number of fused-ring (bicyclic) bond motifs is 1. The number of hydrogen-bond acceptors (Lipinski definition) is 4. The predicted molar refractivity (Wildman–Crippen MR) is 66.0 cm³/mol. The van der Waals surface area contributed by atoms with Crippen molar-refractivity contribution in [3.63, 3.8) is 0 Å². The Morgan fingerprint density at radius 1 is 1.20 bits per heavy atom. The topological polar surface area (TPSA) is 32.5 Å². The zero-order valence-electron chi connectivity index (χ0n) is 11.4. The molecular weight excluding hydrogens is 271 g/mol. The molecule has 2 atom stereocenters. The molecule has 0 spiro atoms. The summed E-state index contributed by atoms with van der Waals surface area (Å²) in [7, 11) is 0. The Bertz CT molecular complexity index is 460. The molecule has 4 nitrogen and oxygen atoms in total. The van der Waals surface area contributed by atoms with Gasteiger partial charge in [0.05, 0.1) is 12.7 Å². The number of aryl methyl sites for hydroxylation is 1. The minimum Gasteiger partial charge on any atom is -0.361 e. The molecule has 7 heteroatoms. The maximum atomic E-state index is 12.4. The predicted octanol–water partition coefficient (Wildman–Crippen LogP) is 1.91. The third-order valence-electron chi connectivity index (χ3n) is 4.28. The van der Waals surface area contributed by atoms with Gasteiger partial charge in [0.1, 0.15) is 5.76 Å². The van der Waals surface area contributed by atoms with E-state index in [4.69, 9.17) is 4.52 Å². The van der Waals surface area contributed by atoms with E-state index in [1.54, 1.807) is 6.20 Å². The van der Waals surface area contributed by atoms with Crippen LogP contribution in [0.15, 0.2) is 10.7 Å². The van der Waals surface area contributed by atoms with Gasteiger partial charge in [0.25, 0.3) is 0 Å². The standard InChI is InChI=1S/C13H18F3N3O/c1-9-10(2-17-20-9)3-18-4-11-6-19(7-12(11)5-18)8-13(14,15)16/h2,11-12H,3-8H2,1H3. The lowest BCUT2D eigenvalue weighted by molar-refractivity contribution is -0.144. The van der Waals surface area contributed by atoms with Crippen molar-refractivity contribution in [2.75, 3.05) is 32.7 Å². The van der Waals surface area contributed by atoms with Gasteiger partial charge in [-0.15, -0.1) is 0 Å². The monoisotopic (exact) mass is 289 g/mol. The lowest BCUT2D eigenvalue weighted by Gasteiger charge is -2.21. The molecule has 0 aliphatic carbocycles. The molecule has 0 amide bonds. The number of likely N-dealkylation sites (tertiary alicyclic amines) is 2. The Kier molecular flexibility index (Phi) is 3.50. The Morgan fingerprint density at radius 3 is 2.30 bits per heavy atom. The van der Waals surface area contributed by atoms with Crippen molar-refractivity contribution in [2.45, 2.75) is 19.6 Å². The first-order valence-electron chi connectivity index (χ1n) is 6.82. The van der Waals surface area contributed by atoms with E-state index < -0.39 is 12.7 Å². The summed E-state index contributed by atoms with van der Waals surface area (Å²) >= 11 is 0. The number of rotatable bonds is 3. The Balaban J connectivity index is 1.52. The number of halogens is 3. The first kappa shape index (κ1) is 13.9. The van der Waals surface area contributed by atoms with Crippen LogP contribution < -0.4 is 0 Å². The van der Waals surface area contributed by atoms with Crippen LogP contribution in [0.1, 0.15) is 11.3 Å². The van der Waals surface area contributed by atoms with E-state index in [1.807, 2.05) is 6.92 Å². The van der Waals surface area contributed by atoms with Gasteiger partial charge < -0.3 is 4.52 Å². The van der Waals surface area contributed by atoms with Crippen LogP contribution in [-0.4, -0.2) is 53.9 Å². The minimum atomic E-state index is -4.09. The van der Waals surface area contributed by atoms with Crippen LogP contribution in [0.4, 0.5) is 13.2 Å². The first-order chi connectivity index (χ1) is 9.40. The number of nitrogens with zero attached hydrogens (tertiary/aromatic N) is 3. The quantitative estimate of drug-likeness (QED) is 0.851. The number of hydrogen-bond donors (Lipinski definition) is 0. The summed E-state index contributed by atoms with van der Waals surface area (Å²) in [6, 6.07) is 0. The molecule has 2 aliphatic rings. The van der Waals surface area contributed by atoms with Crippen LogP contribution in [0.2, 0.25) is 0 Å². The summed E-state index contributed by atoms with van der Waals surface area (Å²) in [4.78, 5) is 3.83. The second-order valence-electron chi connectivity index (χ2n) is 5.93. The van der Waals surface area contributed by atoms with Crippen LogP contribution in [0.3, 0.4) is 0 Å². The molecule has 0 bridgehead atoms. The van der Waals surface area contributed by atoms with Gasteiger partial charge in [0.15, 0.2) is 0 Å². The average molecular weight is 289 g/mol. The normalized spacial score (nSPS) is 28.2. The van der Waals surface area contributed by atoms with E-state index >= 15 is 0 Å². The molecule has 0 saturated carbocycles. The fourth-order valence-corrected chi connectivity index (χ4v) is 3.41. The van der Waals surface area contributed by atoms with Gasteiger partial charge in [-0.1, -0.05) is 5.16 Å². The molecular formula is C13H18F3N3O. The Morgan fingerprint density at radius 2 is 1.80 bits per heavy atom. The van der Waals surface area contributed by atoms with Gasteiger partial charge in [0.2, 0.25) is 0 Å². The fourth-order valence-electron chi connectivity index (χ4n) is 3.41. The zero-order chi connectivity index (χ0) is 14.3.